The van der Waals surface area contributed by atoms with E-state index in [9.17, 15) is 23.5 Å². The van der Waals surface area contributed by atoms with Gasteiger partial charge in [0, 0.05) is 6.07 Å². The van der Waals surface area contributed by atoms with Gasteiger partial charge in [0.25, 0.3) is 5.91 Å². The fraction of sp³-hybridized carbons (Fsp3) is 0.429. The van der Waals surface area contributed by atoms with Crippen LogP contribution < -0.4 is 5.32 Å². The van der Waals surface area contributed by atoms with Crippen molar-refractivity contribution in [3.63, 3.8) is 0 Å². The Morgan fingerprint density at radius 2 is 1.70 bits per heavy atom. The lowest BCUT2D eigenvalue weighted by atomic mass is 9.74. The Morgan fingerprint density at radius 1 is 1.15 bits per heavy atom. The molecule has 0 aromatic heterocycles. The molecular weight excluding hydrogens is 268 g/mol. The van der Waals surface area contributed by atoms with Crippen molar-refractivity contribution in [3.05, 3.63) is 35.4 Å². The number of carbonyl (C=O) groups is 2. The second-order valence-corrected chi connectivity index (χ2v) is 5.63. The van der Waals surface area contributed by atoms with E-state index in [1.807, 2.05) is 0 Å². The van der Waals surface area contributed by atoms with Crippen LogP contribution in [-0.2, 0) is 4.79 Å². The fourth-order valence-electron chi connectivity index (χ4n) is 1.45. The SMILES string of the molecule is CC(C)(NC(=O)c1ccc(F)cc1F)C(C)(C)C(=O)O. The molecule has 20 heavy (non-hydrogen) atoms. The van der Waals surface area contributed by atoms with Crippen LogP contribution in [0.4, 0.5) is 8.78 Å². The van der Waals surface area contributed by atoms with E-state index in [0.717, 1.165) is 12.1 Å². The van der Waals surface area contributed by atoms with Crippen LogP contribution in [0, 0.1) is 17.0 Å². The highest BCUT2D eigenvalue weighted by molar-refractivity contribution is 5.95. The smallest absolute Gasteiger partial charge is 0.311 e. The van der Waals surface area contributed by atoms with Crippen LogP contribution in [0.15, 0.2) is 18.2 Å². The van der Waals surface area contributed by atoms with Gasteiger partial charge in [0.2, 0.25) is 0 Å². The standard InChI is InChI=1S/C14H17F2NO3/c1-13(2,12(19)20)14(3,4)17-11(18)9-6-5-8(15)7-10(9)16/h5-7H,1-4H3,(H,17,18)(H,19,20). The summed E-state index contributed by atoms with van der Waals surface area (Å²) in [6.45, 7) is 5.97. The van der Waals surface area contributed by atoms with Gasteiger partial charge in [-0.2, -0.15) is 0 Å². The van der Waals surface area contributed by atoms with E-state index in [1.165, 1.54) is 27.7 Å². The van der Waals surface area contributed by atoms with Gasteiger partial charge in [0.15, 0.2) is 0 Å². The molecule has 0 aliphatic carbocycles. The maximum Gasteiger partial charge on any atom is 0.311 e. The quantitative estimate of drug-likeness (QED) is 0.893. The summed E-state index contributed by atoms with van der Waals surface area (Å²) in [5.41, 5.74) is -2.73. The van der Waals surface area contributed by atoms with Crippen LogP contribution in [0.5, 0.6) is 0 Å². The third-order valence-corrected chi connectivity index (χ3v) is 3.70. The van der Waals surface area contributed by atoms with Gasteiger partial charge < -0.3 is 10.4 Å². The summed E-state index contributed by atoms with van der Waals surface area (Å²) in [6, 6.07) is 2.58. The minimum absolute atomic E-state index is 0.333. The lowest BCUT2D eigenvalue weighted by Crippen LogP contribution is -2.57. The van der Waals surface area contributed by atoms with Gasteiger partial charge >= 0.3 is 5.97 Å². The molecule has 0 saturated heterocycles. The summed E-state index contributed by atoms with van der Waals surface area (Å²) in [5.74, 6) is -3.67. The molecule has 4 nitrogen and oxygen atoms in total. The van der Waals surface area contributed by atoms with Crippen molar-refractivity contribution in [3.8, 4) is 0 Å². The average molecular weight is 285 g/mol. The number of amides is 1. The van der Waals surface area contributed by atoms with Crippen molar-refractivity contribution in [2.24, 2.45) is 5.41 Å². The lowest BCUT2D eigenvalue weighted by Gasteiger charge is -2.38. The first-order chi connectivity index (χ1) is 8.99. The molecule has 0 fully saturated rings. The topological polar surface area (TPSA) is 66.4 Å². The van der Waals surface area contributed by atoms with Crippen LogP contribution in [0.25, 0.3) is 0 Å². The zero-order chi connectivity index (χ0) is 15.7. The average Bonchev–Trinajstić information content (AvgIpc) is 2.27. The van der Waals surface area contributed by atoms with Crippen LogP contribution in [-0.4, -0.2) is 22.5 Å². The largest absolute Gasteiger partial charge is 0.481 e. The second kappa shape index (κ2) is 5.19. The third-order valence-electron chi connectivity index (χ3n) is 3.70. The van der Waals surface area contributed by atoms with Gasteiger partial charge in [0.05, 0.1) is 16.5 Å². The summed E-state index contributed by atoms with van der Waals surface area (Å²) in [7, 11) is 0. The molecule has 1 rings (SSSR count). The van der Waals surface area contributed by atoms with Crippen LogP contribution in [0.1, 0.15) is 38.1 Å². The number of benzene rings is 1. The maximum atomic E-state index is 13.5. The molecule has 2 N–H and O–H groups in total. The molecule has 0 unspecified atom stereocenters. The fourth-order valence-corrected chi connectivity index (χ4v) is 1.45. The molecule has 0 heterocycles. The molecule has 0 spiro atoms. The second-order valence-electron chi connectivity index (χ2n) is 5.63. The number of carboxylic acids is 1. The molecule has 0 radical (unpaired) electrons. The Hall–Kier alpha value is -1.98. The summed E-state index contributed by atoms with van der Waals surface area (Å²) in [4.78, 5) is 23.2. The highest BCUT2D eigenvalue weighted by Gasteiger charge is 2.44. The maximum absolute atomic E-state index is 13.5. The highest BCUT2D eigenvalue weighted by Crippen LogP contribution is 2.31. The minimum atomic E-state index is -1.26. The summed E-state index contributed by atoms with van der Waals surface area (Å²) < 4.78 is 26.3. The number of hydrogen-bond donors (Lipinski definition) is 2. The first-order valence-electron chi connectivity index (χ1n) is 6.00. The van der Waals surface area contributed by atoms with E-state index in [0.29, 0.717) is 6.07 Å². The van der Waals surface area contributed by atoms with E-state index in [1.54, 1.807) is 0 Å². The lowest BCUT2D eigenvalue weighted by molar-refractivity contribution is -0.150. The molecule has 0 atom stereocenters. The Kier molecular flexibility index (Phi) is 4.17. The van der Waals surface area contributed by atoms with Gasteiger partial charge in [-0.15, -0.1) is 0 Å². The normalized spacial score (nSPS) is 12.1. The van der Waals surface area contributed by atoms with Gasteiger partial charge in [0.1, 0.15) is 11.6 Å². The van der Waals surface area contributed by atoms with E-state index in [2.05, 4.69) is 5.32 Å². The van der Waals surface area contributed by atoms with E-state index in [4.69, 9.17) is 0 Å². The first kappa shape index (κ1) is 16.1. The number of hydrogen-bond acceptors (Lipinski definition) is 2. The Morgan fingerprint density at radius 3 is 2.15 bits per heavy atom. The molecule has 0 aliphatic heterocycles. The van der Waals surface area contributed by atoms with Crippen LogP contribution in [0.2, 0.25) is 0 Å². The molecule has 0 bridgehead atoms. The molecular formula is C14H17F2NO3. The van der Waals surface area contributed by atoms with Crippen LogP contribution in [0.3, 0.4) is 0 Å². The first-order valence-corrected chi connectivity index (χ1v) is 6.00. The predicted molar refractivity (Wildman–Crippen MR) is 69.3 cm³/mol. The van der Waals surface area contributed by atoms with Gasteiger partial charge in [-0.05, 0) is 39.8 Å². The van der Waals surface area contributed by atoms with E-state index >= 15 is 0 Å². The van der Waals surface area contributed by atoms with Gasteiger partial charge in [-0.25, -0.2) is 8.78 Å². The van der Waals surface area contributed by atoms with Crippen molar-refractivity contribution in [2.45, 2.75) is 33.2 Å². The predicted octanol–water partition coefficient (Wildman–Crippen LogP) is 2.58. The van der Waals surface area contributed by atoms with Crippen molar-refractivity contribution in [1.82, 2.24) is 5.32 Å². The number of carboxylic acid groups (broad SMARTS) is 1. The zero-order valence-corrected chi connectivity index (χ0v) is 11.8. The third kappa shape index (κ3) is 2.95. The number of nitrogens with one attached hydrogen (secondary N) is 1. The Balaban J connectivity index is 3.03. The van der Waals surface area contributed by atoms with Gasteiger partial charge in [-0.1, -0.05) is 0 Å². The molecule has 1 amide bonds. The van der Waals surface area contributed by atoms with Crippen molar-refractivity contribution >= 4 is 11.9 Å². The molecule has 110 valence electrons. The Labute approximate surface area is 115 Å². The molecule has 0 aliphatic rings. The van der Waals surface area contributed by atoms with E-state index < -0.39 is 34.5 Å². The van der Waals surface area contributed by atoms with Crippen molar-refractivity contribution in [1.29, 1.82) is 0 Å². The minimum Gasteiger partial charge on any atom is -0.481 e. The summed E-state index contributed by atoms with van der Waals surface area (Å²) in [6.07, 6.45) is 0. The van der Waals surface area contributed by atoms with Crippen LogP contribution >= 0.6 is 0 Å². The van der Waals surface area contributed by atoms with Crippen molar-refractivity contribution < 1.29 is 23.5 Å². The molecule has 1 aromatic carbocycles. The monoisotopic (exact) mass is 285 g/mol. The summed E-state index contributed by atoms with van der Waals surface area (Å²) >= 11 is 0. The molecule has 0 saturated carbocycles. The number of rotatable bonds is 4. The number of carbonyl (C=O) groups excluding carboxylic acids is 1. The number of halogens is 2. The highest BCUT2D eigenvalue weighted by atomic mass is 19.1. The molecule has 1 aromatic rings. The zero-order valence-electron chi connectivity index (χ0n) is 11.8. The van der Waals surface area contributed by atoms with Gasteiger partial charge in [-0.3, -0.25) is 9.59 Å². The summed E-state index contributed by atoms with van der Waals surface area (Å²) in [5, 5.41) is 11.6. The molecule has 6 heteroatoms. The van der Waals surface area contributed by atoms with Crippen molar-refractivity contribution in [2.75, 3.05) is 0 Å². The number of aliphatic carboxylic acids is 1. The Bertz CT molecular complexity index is 553. The van der Waals surface area contributed by atoms with E-state index in [-0.39, 0.29) is 5.56 Å².